The van der Waals surface area contributed by atoms with Crippen molar-refractivity contribution in [2.75, 3.05) is 32.7 Å². The first-order valence-electron chi connectivity index (χ1n) is 9.55. The Morgan fingerprint density at radius 3 is 2.54 bits per heavy atom. The van der Waals surface area contributed by atoms with Crippen molar-refractivity contribution >= 4 is 15.9 Å². The van der Waals surface area contributed by atoms with Crippen molar-refractivity contribution in [3.05, 3.63) is 54.0 Å². The van der Waals surface area contributed by atoms with E-state index in [0.29, 0.717) is 32.6 Å². The Balaban J connectivity index is 1.71. The molecule has 1 aliphatic heterocycles. The van der Waals surface area contributed by atoms with Crippen LogP contribution in [0.1, 0.15) is 24.4 Å². The van der Waals surface area contributed by atoms with E-state index < -0.39 is 10.0 Å². The zero-order chi connectivity index (χ0) is 20.0. The predicted octanol–water partition coefficient (Wildman–Crippen LogP) is 1.99. The van der Waals surface area contributed by atoms with Crippen LogP contribution in [-0.2, 0) is 21.4 Å². The number of nitrogens with zero attached hydrogens (tertiary/aromatic N) is 2. The summed E-state index contributed by atoms with van der Waals surface area (Å²) in [5.74, 6) is 1.60. The van der Waals surface area contributed by atoms with Gasteiger partial charge in [0.1, 0.15) is 11.5 Å². The van der Waals surface area contributed by atoms with E-state index in [4.69, 9.17) is 4.42 Å². The van der Waals surface area contributed by atoms with Crippen molar-refractivity contribution in [2.24, 2.45) is 0 Å². The van der Waals surface area contributed by atoms with Gasteiger partial charge in [0.2, 0.25) is 15.9 Å². The van der Waals surface area contributed by atoms with Gasteiger partial charge in [-0.3, -0.25) is 9.69 Å². The molecule has 0 bridgehead atoms. The lowest BCUT2D eigenvalue weighted by Gasteiger charge is -2.24. The molecule has 8 heteroatoms. The summed E-state index contributed by atoms with van der Waals surface area (Å²) >= 11 is 0. The van der Waals surface area contributed by atoms with E-state index in [9.17, 15) is 13.2 Å². The molecule has 1 amide bonds. The summed E-state index contributed by atoms with van der Waals surface area (Å²) in [7, 11) is -3.62. The average Bonchev–Trinajstić information content (AvgIpc) is 3.07. The van der Waals surface area contributed by atoms with Gasteiger partial charge in [-0.25, -0.2) is 8.42 Å². The van der Waals surface area contributed by atoms with Crippen LogP contribution in [0.5, 0.6) is 0 Å². The number of hydrogen-bond donors (Lipinski definition) is 1. The Kier molecular flexibility index (Phi) is 6.88. The maximum absolute atomic E-state index is 13.0. The molecule has 2 heterocycles. The van der Waals surface area contributed by atoms with Crippen LogP contribution in [-0.4, -0.2) is 56.3 Å². The van der Waals surface area contributed by atoms with Crippen LogP contribution in [0.15, 0.2) is 51.8 Å². The standard InChI is InChI=1S/C20H27N3O4S/c1-17-8-9-18(27-17)16-22-12-5-13-23(14-10-20(24)21-11-15-22)28(25,26)19-6-3-2-4-7-19/h2-4,6-9H,5,10-16H2,1H3,(H,21,24). The van der Waals surface area contributed by atoms with Crippen molar-refractivity contribution in [1.29, 1.82) is 0 Å². The quantitative estimate of drug-likeness (QED) is 0.841. The Bertz CT molecular complexity index is 880. The molecule has 0 unspecified atom stereocenters. The zero-order valence-corrected chi connectivity index (χ0v) is 17.0. The van der Waals surface area contributed by atoms with Crippen LogP contribution in [0, 0.1) is 6.92 Å². The van der Waals surface area contributed by atoms with E-state index in [1.165, 1.54) is 4.31 Å². The van der Waals surface area contributed by atoms with Crippen molar-refractivity contribution < 1.29 is 17.6 Å². The minimum atomic E-state index is -3.62. The molecule has 1 aromatic heterocycles. The van der Waals surface area contributed by atoms with Gasteiger partial charge in [0.25, 0.3) is 0 Å². The summed E-state index contributed by atoms with van der Waals surface area (Å²) in [5.41, 5.74) is 0. The van der Waals surface area contributed by atoms with E-state index >= 15 is 0 Å². The number of amides is 1. The van der Waals surface area contributed by atoms with Crippen LogP contribution in [0.2, 0.25) is 0 Å². The third kappa shape index (κ3) is 5.43. The summed E-state index contributed by atoms with van der Waals surface area (Å²) in [4.78, 5) is 14.6. The van der Waals surface area contributed by atoms with Crippen molar-refractivity contribution in [2.45, 2.75) is 31.2 Å². The second-order valence-electron chi connectivity index (χ2n) is 6.96. The number of hydrogen-bond acceptors (Lipinski definition) is 5. The first-order chi connectivity index (χ1) is 13.4. The van der Waals surface area contributed by atoms with E-state index in [1.54, 1.807) is 30.3 Å². The molecule has 1 aromatic carbocycles. The number of rotatable bonds is 4. The van der Waals surface area contributed by atoms with E-state index in [0.717, 1.165) is 18.1 Å². The molecule has 3 rings (SSSR count). The van der Waals surface area contributed by atoms with Crippen molar-refractivity contribution in [1.82, 2.24) is 14.5 Å². The first kappa shape index (κ1) is 20.6. The van der Waals surface area contributed by atoms with Gasteiger partial charge in [-0.1, -0.05) is 18.2 Å². The highest BCUT2D eigenvalue weighted by Crippen LogP contribution is 2.17. The second kappa shape index (κ2) is 9.36. The summed E-state index contributed by atoms with van der Waals surface area (Å²) in [6.45, 7) is 5.04. The highest BCUT2D eigenvalue weighted by atomic mass is 32.2. The van der Waals surface area contributed by atoms with Crippen LogP contribution >= 0.6 is 0 Å². The van der Waals surface area contributed by atoms with Gasteiger partial charge in [-0.2, -0.15) is 4.31 Å². The Morgan fingerprint density at radius 2 is 1.82 bits per heavy atom. The van der Waals surface area contributed by atoms with Crippen molar-refractivity contribution in [3.8, 4) is 0 Å². The highest BCUT2D eigenvalue weighted by Gasteiger charge is 2.25. The molecule has 0 saturated carbocycles. The molecule has 1 saturated heterocycles. The highest BCUT2D eigenvalue weighted by molar-refractivity contribution is 7.89. The number of sulfonamides is 1. The lowest BCUT2D eigenvalue weighted by atomic mass is 10.3. The van der Waals surface area contributed by atoms with Crippen LogP contribution in [0.25, 0.3) is 0 Å². The van der Waals surface area contributed by atoms with Gasteiger partial charge in [0, 0.05) is 32.6 Å². The molecule has 0 radical (unpaired) electrons. The predicted molar refractivity (Wildman–Crippen MR) is 106 cm³/mol. The monoisotopic (exact) mass is 405 g/mol. The topological polar surface area (TPSA) is 82.9 Å². The number of furan rings is 1. The maximum atomic E-state index is 13.0. The molecule has 0 atom stereocenters. The van der Waals surface area contributed by atoms with Gasteiger partial charge in [-0.15, -0.1) is 0 Å². The van der Waals surface area contributed by atoms with Crippen molar-refractivity contribution in [3.63, 3.8) is 0 Å². The smallest absolute Gasteiger partial charge is 0.243 e. The average molecular weight is 406 g/mol. The molecular formula is C20H27N3O4S. The molecule has 0 aliphatic carbocycles. The minimum Gasteiger partial charge on any atom is -0.465 e. The molecule has 1 aliphatic rings. The van der Waals surface area contributed by atoms with Gasteiger partial charge in [0.05, 0.1) is 11.4 Å². The van der Waals surface area contributed by atoms with E-state index in [2.05, 4.69) is 10.2 Å². The molecule has 0 spiro atoms. The molecule has 152 valence electrons. The normalized spacial score (nSPS) is 18.4. The largest absolute Gasteiger partial charge is 0.465 e. The number of carbonyl (C=O) groups excluding carboxylic acids is 1. The molecule has 1 fully saturated rings. The number of aryl methyl sites for hydroxylation is 1. The number of carbonyl (C=O) groups is 1. The van der Waals surface area contributed by atoms with Gasteiger partial charge in [0.15, 0.2) is 0 Å². The lowest BCUT2D eigenvalue weighted by Crippen LogP contribution is -2.36. The number of benzene rings is 1. The minimum absolute atomic E-state index is 0.135. The fourth-order valence-electron chi connectivity index (χ4n) is 3.29. The molecule has 1 N–H and O–H groups in total. The van der Waals surface area contributed by atoms with E-state index in [1.807, 2.05) is 19.1 Å². The van der Waals surface area contributed by atoms with Gasteiger partial charge in [-0.05, 0) is 44.2 Å². The van der Waals surface area contributed by atoms with Gasteiger partial charge < -0.3 is 9.73 Å². The van der Waals surface area contributed by atoms with Crippen LogP contribution in [0.4, 0.5) is 0 Å². The van der Waals surface area contributed by atoms with Gasteiger partial charge >= 0.3 is 0 Å². The third-order valence-electron chi connectivity index (χ3n) is 4.78. The molecule has 2 aromatic rings. The first-order valence-corrected chi connectivity index (χ1v) is 11.0. The lowest BCUT2D eigenvalue weighted by molar-refractivity contribution is -0.121. The third-order valence-corrected chi connectivity index (χ3v) is 6.69. The molecule has 28 heavy (non-hydrogen) atoms. The van der Waals surface area contributed by atoms with Crippen LogP contribution in [0.3, 0.4) is 0 Å². The number of nitrogens with one attached hydrogen (secondary N) is 1. The molecule has 7 nitrogen and oxygen atoms in total. The maximum Gasteiger partial charge on any atom is 0.243 e. The Morgan fingerprint density at radius 1 is 1.04 bits per heavy atom. The van der Waals surface area contributed by atoms with Crippen LogP contribution < -0.4 is 5.32 Å². The fraction of sp³-hybridized carbons (Fsp3) is 0.450. The van der Waals surface area contributed by atoms with E-state index in [-0.39, 0.29) is 23.8 Å². The molecular weight excluding hydrogens is 378 g/mol. The summed E-state index contributed by atoms with van der Waals surface area (Å²) in [5, 5.41) is 2.88. The fourth-order valence-corrected chi connectivity index (χ4v) is 4.79. The Labute approximate surface area is 166 Å². The summed E-state index contributed by atoms with van der Waals surface area (Å²) in [6.07, 6.45) is 0.837. The summed E-state index contributed by atoms with van der Waals surface area (Å²) < 4.78 is 33.0. The SMILES string of the molecule is Cc1ccc(CN2CCCN(S(=O)(=O)c3ccccc3)CCC(=O)NCC2)o1. The summed E-state index contributed by atoms with van der Waals surface area (Å²) in [6, 6.07) is 12.3. The second-order valence-corrected chi connectivity index (χ2v) is 8.90. The zero-order valence-electron chi connectivity index (χ0n) is 16.1. The Hall–Kier alpha value is -2.16.